The number of aliphatic hydroxyl groups is 1. The second-order valence-electron chi connectivity index (χ2n) is 6.56. The molecule has 3 nitrogen and oxygen atoms in total. The van der Waals surface area contributed by atoms with Gasteiger partial charge in [0.2, 0.25) is 5.91 Å². The third kappa shape index (κ3) is 2.64. The molecule has 0 radical (unpaired) electrons. The van der Waals surface area contributed by atoms with Crippen LogP contribution in [-0.2, 0) is 11.2 Å². The number of aliphatic hydroxyl groups excluding tert-OH is 1. The number of amides is 1. The average molecular weight is 307 g/mol. The van der Waals surface area contributed by atoms with Crippen molar-refractivity contribution >= 4 is 17.2 Å². The molecule has 1 N–H and O–H groups in total. The zero-order chi connectivity index (χ0) is 14.9. The number of hydrogen-bond donors (Lipinski definition) is 1. The molecule has 2 aliphatic rings. The summed E-state index contributed by atoms with van der Waals surface area (Å²) in [6, 6.07) is 4.88. The lowest BCUT2D eigenvalue weighted by molar-refractivity contribution is -0.133. The van der Waals surface area contributed by atoms with E-state index in [0.29, 0.717) is 18.4 Å². The van der Waals surface area contributed by atoms with Gasteiger partial charge in [-0.05, 0) is 50.0 Å². The van der Waals surface area contributed by atoms with Gasteiger partial charge in [0.25, 0.3) is 0 Å². The molecular formula is C17H25NO2S. The van der Waals surface area contributed by atoms with E-state index < -0.39 is 0 Å². The van der Waals surface area contributed by atoms with Crippen molar-refractivity contribution in [3.8, 4) is 0 Å². The summed E-state index contributed by atoms with van der Waals surface area (Å²) in [5.41, 5.74) is -0.0215. The fourth-order valence-electron chi connectivity index (χ4n) is 4.33. The predicted octanol–water partition coefficient (Wildman–Crippen LogP) is 3.22. The van der Waals surface area contributed by atoms with Gasteiger partial charge in [0, 0.05) is 28.8 Å². The minimum atomic E-state index is -0.0215. The van der Waals surface area contributed by atoms with Crippen LogP contribution in [0.5, 0.6) is 0 Å². The smallest absolute Gasteiger partial charge is 0.223 e. The Kier molecular flexibility index (Phi) is 4.36. The third-order valence-corrected chi connectivity index (χ3v) is 6.49. The summed E-state index contributed by atoms with van der Waals surface area (Å²) in [6.07, 6.45) is 6.78. The van der Waals surface area contributed by atoms with Crippen molar-refractivity contribution in [3.05, 3.63) is 22.4 Å². The zero-order valence-electron chi connectivity index (χ0n) is 12.8. The van der Waals surface area contributed by atoms with Gasteiger partial charge in [-0.2, -0.15) is 0 Å². The van der Waals surface area contributed by atoms with E-state index in [4.69, 9.17) is 0 Å². The molecule has 2 bridgehead atoms. The van der Waals surface area contributed by atoms with Crippen molar-refractivity contribution in [3.63, 3.8) is 0 Å². The molecule has 2 aliphatic heterocycles. The van der Waals surface area contributed by atoms with Crippen LogP contribution in [0.4, 0.5) is 0 Å². The summed E-state index contributed by atoms with van der Waals surface area (Å²) in [6.45, 7) is 2.38. The number of nitrogens with zero attached hydrogens (tertiary/aromatic N) is 1. The number of carbonyl (C=O) groups is 1. The SMILES string of the molecule is CC[C@@]1(CO)C[C@@H]2CC[C@H]1N2C(=O)CCCc1cccs1. The molecule has 0 aromatic carbocycles. The van der Waals surface area contributed by atoms with Crippen LogP contribution in [0.15, 0.2) is 17.5 Å². The molecule has 1 aromatic heterocycles. The number of thiophene rings is 1. The Labute approximate surface area is 131 Å². The molecule has 4 heteroatoms. The van der Waals surface area contributed by atoms with Crippen LogP contribution in [-0.4, -0.2) is 34.6 Å². The molecule has 3 heterocycles. The molecule has 0 unspecified atom stereocenters. The highest BCUT2D eigenvalue weighted by Gasteiger charge is 2.55. The van der Waals surface area contributed by atoms with Crippen LogP contribution < -0.4 is 0 Å². The van der Waals surface area contributed by atoms with Gasteiger partial charge in [-0.25, -0.2) is 0 Å². The monoisotopic (exact) mass is 307 g/mol. The van der Waals surface area contributed by atoms with E-state index in [1.165, 1.54) is 4.88 Å². The van der Waals surface area contributed by atoms with Gasteiger partial charge in [-0.1, -0.05) is 13.0 Å². The van der Waals surface area contributed by atoms with Crippen LogP contribution in [0.1, 0.15) is 50.3 Å². The first-order chi connectivity index (χ1) is 10.2. The highest BCUT2D eigenvalue weighted by Crippen LogP contribution is 2.51. The molecule has 1 aromatic rings. The molecule has 0 aliphatic carbocycles. The Morgan fingerprint density at radius 1 is 1.52 bits per heavy atom. The predicted molar refractivity (Wildman–Crippen MR) is 85.3 cm³/mol. The maximum absolute atomic E-state index is 12.6. The molecular weight excluding hydrogens is 282 g/mol. The summed E-state index contributed by atoms with van der Waals surface area (Å²) in [5, 5.41) is 11.9. The summed E-state index contributed by atoms with van der Waals surface area (Å²) in [5.74, 6) is 0.308. The van der Waals surface area contributed by atoms with Crippen molar-refractivity contribution in [2.75, 3.05) is 6.61 Å². The second-order valence-corrected chi connectivity index (χ2v) is 7.59. The molecule has 1 amide bonds. The first kappa shape index (κ1) is 15.0. The van der Waals surface area contributed by atoms with Gasteiger partial charge < -0.3 is 10.0 Å². The Morgan fingerprint density at radius 2 is 2.38 bits per heavy atom. The lowest BCUT2D eigenvalue weighted by Gasteiger charge is -2.34. The van der Waals surface area contributed by atoms with Gasteiger partial charge in [0.05, 0.1) is 6.61 Å². The van der Waals surface area contributed by atoms with Crippen molar-refractivity contribution < 1.29 is 9.90 Å². The lowest BCUT2D eigenvalue weighted by Crippen LogP contribution is -2.42. The standard InChI is InChI=1S/C17H25NO2S/c1-2-17(12-19)11-13-8-9-15(17)18(13)16(20)7-3-5-14-6-4-10-21-14/h4,6,10,13,15,19H,2-3,5,7-9,11-12H2,1H3/t13-,15+,17-/m0/s1. The number of carbonyl (C=O) groups excluding carboxylic acids is 1. The number of hydrogen-bond acceptors (Lipinski definition) is 3. The zero-order valence-corrected chi connectivity index (χ0v) is 13.6. The van der Waals surface area contributed by atoms with E-state index in [1.807, 2.05) is 0 Å². The number of aryl methyl sites for hydroxylation is 1. The Balaban J connectivity index is 1.58. The molecule has 0 saturated carbocycles. The third-order valence-electron chi connectivity index (χ3n) is 5.55. The van der Waals surface area contributed by atoms with Crippen LogP contribution >= 0.6 is 11.3 Å². The molecule has 21 heavy (non-hydrogen) atoms. The average Bonchev–Trinajstić information content (AvgIpc) is 3.21. The van der Waals surface area contributed by atoms with Crippen LogP contribution in [0.2, 0.25) is 0 Å². The molecule has 0 spiro atoms. The minimum Gasteiger partial charge on any atom is -0.396 e. The van der Waals surface area contributed by atoms with Crippen molar-refractivity contribution in [2.45, 2.75) is 64.0 Å². The fourth-order valence-corrected chi connectivity index (χ4v) is 5.08. The van der Waals surface area contributed by atoms with Crippen molar-refractivity contribution in [1.29, 1.82) is 0 Å². The Bertz CT molecular complexity index is 481. The maximum Gasteiger partial charge on any atom is 0.223 e. The van der Waals surface area contributed by atoms with E-state index in [0.717, 1.165) is 38.5 Å². The number of fused-ring (bicyclic) bond motifs is 2. The maximum atomic E-state index is 12.6. The summed E-state index contributed by atoms with van der Waals surface area (Å²) in [4.78, 5) is 16.1. The van der Waals surface area contributed by atoms with Gasteiger partial charge in [0.15, 0.2) is 0 Å². The number of rotatable bonds is 6. The van der Waals surface area contributed by atoms with E-state index in [2.05, 4.69) is 29.3 Å². The fraction of sp³-hybridized carbons (Fsp3) is 0.706. The first-order valence-corrected chi connectivity index (χ1v) is 9.02. The quantitative estimate of drug-likeness (QED) is 0.876. The van der Waals surface area contributed by atoms with Gasteiger partial charge in [0.1, 0.15) is 0 Å². The Morgan fingerprint density at radius 3 is 3.00 bits per heavy atom. The highest BCUT2D eigenvalue weighted by atomic mass is 32.1. The summed E-state index contributed by atoms with van der Waals surface area (Å²) < 4.78 is 0. The topological polar surface area (TPSA) is 40.5 Å². The van der Waals surface area contributed by atoms with E-state index in [9.17, 15) is 9.90 Å². The van der Waals surface area contributed by atoms with Crippen LogP contribution in [0.3, 0.4) is 0 Å². The van der Waals surface area contributed by atoms with Crippen molar-refractivity contribution in [2.24, 2.45) is 5.41 Å². The summed E-state index contributed by atoms with van der Waals surface area (Å²) in [7, 11) is 0. The van der Waals surface area contributed by atoms with Crippen LogP contribution in [0.25, 0.3) is 0 Å². The van der Waals surface area contributed by atoms with Gasteiger partial charge in [-0.3, -0.25) is 4.79 Å². The highest BCUT2D eigenvalue weighted by molar-refractivity contribution is 7.09. The molecule has 2 saturated heterocycles. The van der Waals surface area contributed by atoms with Crippen molar-refractivity contribution in [1.82, 2.24) is 4.90 Å². The second kappa shape index (κ2) is 6.09. The first-order valence-electron chi connectivity index (χ1n) is 8.14. The molecule has 116 valence electrons. The van der Waals surface area contributed by atoms with Crippen LogP contribution in [0, 0.1) is 5.41 Å². The Hall–Kier alpha value is -0.870. The van der Waals surface area contributed by atoms with Gasteiger partial charge >= 0.3 is 0 Å². The van der Waals surface area contributed by atoms with E-state index >= 15 is 0 Å². The summed E-state index contributed by atoms with van der Waals surface area (Å²) >= 11 is 1.77. The normalized spacial score (nSPS) is 31.0. The van der Waals surface area contributed by atoms with E-state index in [-0.39, 0.29) is 18.1 Å². The van der Waals surface area contributed by atoms with E-state index in [1.54, 1.807) is 11.3 Å². The van der Waals surface area contributed by atoms with Gasteiger partial charge in [-0.15, -0.1) is 11.3 Å². The minimum absolute atomic E-state index is 0.0215. The molecule has 3 rings (SSSR count). The molecule has 3 atom stereocenters. The largest absolute Gasteiger partial charge is 0.396 e. The lowest BCUT2D eigenvalue weighted by atomic mass is 9.72. The molecule has 2 fully saturated rings.